The van der Waals surface area contributed by atoms with Crippen LogP contribution in [0.25, 0.3) is 0 Å². The van der Waals surface area contributed by atoms with Gasteiger partial charge in [0.25, 0.3) is 5.69 Å². The maximum Gasteiger partial charge on any atom is 0.272 e. The van der Waals surface area contributed by atoms with E-state index in [1.54, 1.807) is 24.1 Å². The van der Waals surface area contributed by atoms with E-state index in [1.165, 1.54) is 6.07 Å². The Labute approximate surface area is 151 Å². The molecule has 0 saturated carbocycles. The standard InChI is InChI=1S/C19H21N3O4/c1-15-14-17(8-9-18(15)22(24)25)26-13-5-11-21-19(23)10-12-20(21)16-6-3-2-4-7-16/h2-4,6-9,14H,5,10-13H2,1H3. The number of benzene rings is 2. The lowest BCUT2D eigenvalue weighted by atomic mass is 10.2. The highest BCUT2D eigenvalue weighted by Gasteiger charge is 2.28. The smallest absolute Gasteiger partial charge is 0.272 e. The number of rotatable bonds is 7. The molecule has 0 aliphatic carbocycles. The SMILES string of the molecule is Cc1cc(OCCCN2C(=O)CCN2c2ccccc2)ccc1[N+](=O)[O-]. The first-order valence-electron chi connectivity index (χ1n) is 8.57. The van der Waals surface area contributed by atoms with Gasteiger partial charge in [0, 0.05) is 37.6 Å². The second kappa shape index (κ2) is 7.86. The molecule has 2 aromatic rings. The summed E-state index contributed by atoms with van der Waals surface area (Å²) in [5, 5.41) is 14.6. The maximum atomic E-state index is 12.1. The molecule has 136 valence electrons. The Morgan fingerprint density at radius 3 is 2.65 bits per heavy atom. The summed E-state index contributed by atoms with van der Waals surface area (Å²) in [6, 6.07) is 14.5. The van der Waals surface area contributed by atoms with Crippen molar-refractivity contribution in [2.45, 2.75) is 19.8 Å². The van der Waals surface area contributed by atoms with Crippen molar-refractivity contribution in [3.63, 3.8) is 0 Å². The zero-order valence-corrected chi connectivity index (χ0v) is 14.6. The Balaban J connectivity index is 1.53. The van der Waals surface area contributed by atoms with Crippen LogP contribution in [0.1, 0.15) is 18.4 Å². The quantitative estimate of drug-likeness (QED) is 0.433. The summed E-state index contributed by atoms with van der Waals surface area (Å²) in [7, 11) is 0. The second-order valence-corrected chi connectivity index (χ2v) is 6.13. The maximum absolute atomic E-state index is 12.1. The van der Waals surface area contributed by atoms with Gasteiger partial charge in [-0.15, -0.1) is 0 Å². The van der Waals surface area contributed by atoms with Gasteiger partial charge in [0.1, 0.15) is 5.75 Å². The minimum atomic E-state index is -0.406. The van der Waals surface area contributed by atoms with Gasteiger partial charge in [-0.25, -0.2) is 0 Å². The van der Waals surface area contributed by atoms with Crippen molar-refractivity contribution in [1.82, 2.24) is 5.01 Å². The van der Waals surface area contributed by atoms with Crippen molar-refractivity contribution in [1.29, 1.82) is 0 Å². The summed E-state index contributed by atoms with van der Waals surface area (Å²) in [6.45, 7) is 3.38. The molecule has 0 atom stereocenters. The van der Waals surface area contributed by atoms with Crippen molar-refractivity contribution >= 4 is 17.3 Å². The number of anilines is 1. The molecular formula is C19H21N3O4. The van der Waals surface area contributed by atoms with Gasteiger partial charge in [0.15, 0.2) is 0 Å². The van der Waals surface area contributed by atoms with E-state index in [9.17, 15) is 14.9 Å². The van der Waals surface area contributed by atoms with E-state index in [0.717, 1.165) is 5.69 Å². The molecule has 1 amide bonds. The third-order valence-corrected chi connectivity index (χ3v) is 4.32. The number of nitro benzene ring substituents is 1. The Morgan fingerprint density at radius 2 is 1.96 bits per heavy atom. The van der Waals surface area contributed by atoms with Crippen LogP contribution >= 0.6 is 0 Å². The van der Waals surface area contributed by atoms with Crippen LogP contribution in [-0.2, 0) is 4.79 Å². The number of carbonyl (C=O) groups is 1. The number of ether oxygens (including phenoxy) is 1. The molecule has 7 nitrogen and oxygen atoms in total. The largest absolute Gasteiger partial charge is 0.494 e. The average Bonchev–Trinajstić information content (AvgIpc) is 3.00. The van der Waals surface area contributed by atoms with Crippen LogP contribution < -0.4 is 9.75 Å². The van der Waals surface area contributed by atoms with Crippen molar-refractivity contribution in [2.24, 2.45) is 0 Å². The van der Waals surface area contributed by atoms with Crippen molar-refractivity contribution in [3.05, 3.63) is 64.2 Å². The molecule has 26 heavy (non-hydrogen) atoms. The molecule has 0 bridgehead atoms. The minimum absolute atomic E-state index is 0.0820. The number of aryl methyl sites for hydroxylation is 1. The number of hydrazine groups is 1. The summed E-state index contributed by atoms with van der Waals surface area (Å²) in [4.78, 5) is 22.6. The molecule has 0 radical (unpaired) electrons. The average molecular weight is 355 g/mol. The van der Waals surface area contributed by atoms with Gasteiger partial charge in [0.2, 0.25) is 5.91 Å². The molecule has 7 heteroatoms. The summed E-state index contributed by atoms with van der Waals surface area (Å²) < 4.78 is 5.68. The van der Waals surface area contributed by atoms with Crippen LogP contribution in [0.5, 0.6) is 5.75 Å². The van der Waals surface area contributed by atoms with Gasteiger partial charge in [-0.05, 0) is 31.2 Å². The molecular weight excluding hydrogens is 334 g/mol. The van der Waals surface area contributed by atoms with E-state index < -0.39 is 4.92 Å². The lowest BCUT2D eigenvalue weighted by Gasteiger charge is -2.29. The zero-order valence-electron chi connectivity index (χ0n) is 14.6. The van der Waals surface area contributed by atoms with Crippen LogP contribution in [0.4, 0.5) is 11.4 Å². The van der Waals surface area contributed by atoms with Gasteiger partial charge >= 0.3 is 0 Å². The molecule has 1 aliphatic rings. The third-order valence-electron chi connectivity index (χ3n) is 4.32. The van der Waals surface area contributed by atoms with Crippen molar-refractivity contribution < 1.29 is 14.5 Å². The zero-order chi connectivity index (χ0) is 18.5. The number of amides is 1. The Hall–Kier alpha value is -3.09. The molecule has 2 aromatic carbocycles. The summed E-state index contributed by atoms with van der Waals surface area (Å²) in [5.74, 6) is 0.709. The summed E-state index contributed by atoms with van der Waals surface area (Å²) >= 11 is 0. The van der Waals surface area contributed by atoms with Gasteiger partial charge in [-0.3, -0.25) is 24.9 Å². The van der Waals surface area contributed by atoms with Crippen LogP contribution in [0.15, 0.2) is 48.5 Å². The lowest BCUT2D eigenvalue weighted by Crippen LogP contribution is -2.40. The fourth-order valence-corrected chi connectivity index (χ4v) is 3.03. The van der Waals surface area contributed by atoms with E-state index in [1.807, 2.05) is 35.3 Å². The molecule has 1 aliphatic heterocycles. The van der Waals surface area contributed by atoms with Crippen LogP contribution in [0, 0.1) is 17.0 Å². The van der Waals surface area contributed by atoms with E-state index in [4.69, 9.17) is 4.74 Å². The van der Waals surface area contributed by atoms with Gasteiger partial charge in [0.05, 0.1) is 17.2 Å². The highest BCUT2D eigenvalue weighted by Crippen LogP contribution is 2.24. The van der Waals surface area contributed by atoms with Crippen LogP contribution in [0.2, 0.25) is 0 Å². The number of carbonyl (C=O) groups excluding carboxylic acids is 1. The first-order valence-corrected chi connectivity index (χ1v) is 8.57. The highest BCUT2D eigenvalue weighted by molar-refractivity contribution is 5.81. The molecule has 3 rings (SSSR count). The number of nitrogens with zero attached hydrogens (tertiary/aromatic N) is 3. The lowest BCUT2D eigenvalue weighted by molar-refractivity contribution is -0.385. The van der Waals surface area contributed by atoms with E-state index in [-0.39, 0.29) is 11.6 Å². The number of nitro groups is 1. The van der Waals surface area contributed by atoms with Crippen LogP contribution in [-0.4, -0.2) is 35.5 Å². The fourth-order valence-electron chi connectivity index (χ4n) is 3.03. The third kappa shape index (κ3) is 3.93. The Bertz CT molecular complexity index is 795. The number of hydrogen-bond donors (Lipinski definition) is 0. The van der Waals surface area contributed by atoms with E-state index >= 15 is 0 Å². The predicted octanol–water partition coefficient (Wildman–Crippen LogP) is 3.33. The molecule has 1 fully saturated rings. The van der Waals surface area contributed by atoms with Crippen molar-refractivity contribution in [2.75, 3.05) is 24.7 Å². The van der Waals surface area contributed by atoms with E-state index in [2.05, 4.69) is 0 Å². The monoisotopic (exact) mass is 355 g/mol. The van der Waals surface area contributed by atoms with E-state index in [0.29, 0.717) is 43.9 Å². The molecule has 0 aromatic heterocycles. The first kappa shape index (κ1) is 17.7. The molecule has 0 unspecified atom stereocenters. The van der Waals surface area contributed by atoms with Gasteiger partial charge in [-0.1, -0.05) is 18.2 Å². The fraction of sp³-hybridized carbons (Fsp3) is 0.316. The number of hydrogen-bond acceptors (Lipinski definition) is 5. The molecule has 0 N–H and O–H groups in total. The Kier molecular flexibility index (Phi) is 5.36. The minimum Gasteiger partial charge on any atom is -0.494 e. The number of para-hydroxylation sites is 1. The van der Waals surface area contributed by atoms with Gasteiger partial charge < -0.3 is 4.74 Å². The second-order valence-electron chi connectivity index (χ2n) is 6.13. The van der Waals surface area contributed by atoms with Crippen LogP contribution in [0.3, 0.4) is 0 Å². The molecule has 1 saturated heterocycles. The molecule has 1 heterocycles. The van der Waals surface area contributed by atoms with Crippen molar-refractivity contribution in [3.8, 4) is 5.75 Å². The van der Waals surface area contributed by atoms with Gasteiger partial charge in [-0.2, -0.15) is 0 Å². The molecule has 0 spiro atoms. The highest BCUT2D eigenvalue weighted by atomic mass is 16.6. The summed E-state index contributed by atoms with van der Waals surface area (Å²) in [5.41, 5.74) is 1.65. The predicted molar refractivity (Wildman–Crippen MR) is 98.1 cm³/mol. The Morgan fingerprint density at radius 1 is 1.19 bits per heavy atom. The normalized spacial score (nSPS) is 14.0. The first-order chi connectivity index (χ1) is 12.6. The summed E-state index contributed by atoms with van der Waals surface area (Å²) in [6.07, 6.45) is 1.18. The topological polar surface area (TPSA) is 75.9 Å².